The van der Waals surface area contributed by atoms with Crippen LogP contribution in [0.15, 0.2) is 36.5 Å². The Labute approximate surface area is 80.8 Å². The fourth-order valence-corrected chi connectivity index (χ4v) is 1.16. The third kappa shape index (κ3) is 1.43. The molecule has 14 heavy (non-hydrogen) atoms. The van der Waals surface area contributed by atoms with Crippen molar-refractivity contribution in [2.24, 2.45) is 0 Å². The molecule has 0 aliphatic rings. The first-order chi connectivity index (χ1) is 6.92. The van der Waals surface area contributed by atoms with Gasteiger partial charge in [0.25, 0.3) is 0 Å². The van der Waals surface area contributed by atoms with Crippen molar-refractivity contribution in [1.29, 1.82) is 5.26 Å². The molecule has 0 saturated heterocycles. The van der Waals surface area contributed by atoms with Crippen molar-refractivity contribution >= 4 is 0 Å². The van der Waals surface area contributed by atoms with Crippen molar-refractivity contribution in [3.8, 4) is 17.3 Å². The highest BCUT2D eigenvalue weighted by molar-refractivity contribution is 5.64. The number of hydrogen-bond donors (Lipinski definition) is 0. The van der Waals surface area contributed by atoms with E-state index in [2.05, 4.69) is 15.4 Å². The van der Waals surface area contributed by atoms with Gasteiger partial charge in [-0.3, -0.25) is 0 Å². The van der Waals surface area contributed by atoms with Crippen LogP contribution in [0.25, 0.3) is 11.3 Å². The molecule has 0 aliphatic carbocycles. The quantitative estimate of drug-likeness (QED) is 0.668. The molecule has 0 radical (unpaired) electrons. The molecule has 1 aromatic carbocycles. The van der Waals surface area contributed by atoms with Crippen LogP contribution in [0.1, 0.15) is 5.56 Å². The molecular formula is C10H6N4. The van der Waals surface area contributed by atoms with Gasteiger partial charge in [0, 0.05) is 5.56 Å². The van der Waals surface area contributed by atoms with Crippen LogP contribution in [0.4, 0.5) is 0 Å². The zero-order chi connectivity index (χ0) is 9.80. The summed E-state index contributed by atoms with van der Waals surface area (Å²) in [4.78, 5) is 0. The van der Waals surface area contributed by atoms with Gasteiger partial charge in [0.15, 0.2) is 0 Å². The molecule has 4 heteroatoms. The number of aromatic nitrogens is 3. The largest absolute Gasteiger partial charge is 0.192 e. The van der Waals surface area contributed by atoms with E-state index in [9.17, 15) is 0 Å². The molecule has 0 fully saturated rings. The van der Waals surface area contributed by atoms with Gasteiger partial charge in [-0.25, -0.2) is 0 Å². The molecule has 2 rings (SSSR count). The van der Waals surface area contributed by atoms with Crippen LogP contribution in [0.2, 0.25) is 0 Å². The SMILES string of the molecule is N#Cc1cnnnc1-c1ccccc1. The number of hydrogen-bond acceptors (Lipinski definition) is 4. The molecule has 4 nitrogen and oxygen atoms in total. The average Bonchev–Trinajstić information content (AvgIpc) is 2.30. The predicted octanol–water partition coefficient (Wildman–Crippen LogP) is 1.41. The first-order valence-electron chi connectivity index (χ1n) is 4.05. The fraction of sp³-hybridized carbons (Fsp3) is 0. The molecule has 0 N–H and O–H groups in total. The number of nitrogens with zero attached hydrogens (tertiary/aromatic N) is 4. The normalized spacial score (nSPS) is 9.36. The zero-order valence-corrected chi connectivity index (χ0v) is 7.25. The van der Waals surface area contributed by atoms with Gasteiger partial charge in [-0.15, -0.1) is 10.2 Å². The Hall–Kier alpha value is -2.28. The third-order valence-corrected chi connectivity index (χ3v) is 1.81. The maximum absolute atomic E-state index is 8.82. The van der Waals surface area contributed by atoms with Gasteiger partial charge in [0.1, 0.15) is 17.3 Å². The highest BCUT2D eigenvalue weighted by atomic mass is 15.3. The van der Waals surface area contributed by atoms with Crippen molar-refractivity contribution in [1.82, 2.24) is 15.4 Å². The molecule has 1 aromatic heterocycles. The lowest BCUT2D eigenvalue weighted by atomic mass is 10.1. The molecule has 0 bridgehead atoms. The molecule has 0 unspecified atom stereocenters. The summed E-state index contributed by atoms with van der Waals surface area (Å²) in [6.45, 7) is 0. The standard InChI is InChI=1S/C10H6N4/c11-6-9-7-12-14-13-10(9)8-4-2-1-3-5-8/h1-5,7H. The Morgan fingerprint density at radius 2 is 1.93 bits per heavy atom. The molecule has 0 atom stereocenters. The van der Waals surface area contributed by atoms with Gasteiger partial charge in [-0.2, -0.15) is 5.26 Å². The van der Waals surface area contributed by atoms with Crippen LogP contribution < -0.4 is 0 Å². The second kappa shape index (κ2) is 3.62. The van der Waals surface area contributed by atoms with Crippen molar-refractivity contribution in [3.63, 3.8) is 0 Å². The molecular weight excluding hydrogens is 176 g/mol. The smallest absolute Gasteiger partial charge is 0.114 e. The van der Waals surface area contributed by atoms with Gasteiger partial charge in [0.2, 0.25) is 0 Å². The number of benzene rings is 1. The van der Waals surface area contributed by atoms with Gasteiger partial charge < -0.3 is 0 Å². The maximum atomic E-state index is 8.82. The number of nitriles is 1. The number of rotatable bonds is 1. The van der Waals surface area contributed by atoms with Gasteiger partial charge in [0.05, 0.1) is 6.20 Å². The first-order valence-corrected chi connectivity index (χ1v) is 4.05. The van der Waals surface area contributed by atoms with Crippen molar-refractivity contribution < 1.29 is 0 Å². The van der Waals surface area contributed by atoms with E-state index in [1.165, 1.54) is 6.20 Å². The van der Waals surface area contributed by atoms with E-state index in [1.54, 1.807) is 0 Å². The molecule has 1 heterocycles. The minimum atomic E-state index is 0.436. The van der Waals surface area contributed by atoms with E-state index in [0.29, 0.717) is 11.3 Å². The second-order valence-electron chi connectivity index (χ2n) is 2.67. The second-order valence-corrected chi connectivity index (χ2v) is 2.67. The Bertz CT molecular complexity index is 473. The third-order valence-electron chi connectivity index (χ3n) is 1.81. The lowest BCUT2D eigenvalue weighted by molar-refractivity contribution is 0.866. The topological polar surface area (TPSA) is 62.5 Å². The van der Waals surface area contributed by atoms with E-state index in [1.807, 2.05) is 36.4 Å². The van der Waals surface area contributed by atoms with Crippen LogP contribution in [0, 0.1) is 11.3 Å². The van der Waals surface area contributed by atoms with Crippen LogP contribution >= 0.6 is 0 Å². The minimum absolute atomic E-state index is 0.436. The van der Waals surface area contributed by atoms with Gasteiger partial charge in [-0.1, -0.05) is 30.3 Å². The van der Waals surface area contributed by atoms with E-state index < -0.39 is 0 Å². The van der Waals surface area contributed by atoms with Crippen LogP contribution in [-0.4, -0.2) is 15.4 Å². The maximum Gasteiger partial charge on any atom is 0.114 e. The molecule has 0 saturated carbocycles. The Kier molecular flexibility index (Phi) is 2.15. The summed E-state index contributed by atoms with van der Waals surface area (Å²) in [5.74, 6) is 0. The van der Waals surface area contributed by atoms with E-state index in [-0.39, 0.29) is 0 Å². The van der Waals surface area contributed by atoms with Crippen molar-refractivity contribution in [3.05, 3.63) is 42.1 Å². The van der Waals surface area contributed by atoms with Crippen LogP contribution in [0.5, 0.6) is 0 Å². The summed E-state index contributed by atoms with van der Waals surface area (Å²) in [5, 5.41) is 19.7. The van der Waals surface area contributed by atoms with E-state index in [4.69, 9.17) is 5.26 Å². The Balaban J connectivity index is 2.58. The van der Waals surface area contributed by atoms with Crippen molar-refractivity contribution in [2.45, 2.75) is 0 Å². The van der Waals surface area contributed by atoms with Crippen LogP contribution in [0.3, 0.4) is 0 Å². The monoisotopic (exact) mass is 182 g/mol. The minimum Gasteiger partial charge on any atom is -0.192 e. The highest BCUT2D eigenvalue weighted by Gasteiger charge is 2.05. The molecule has 0 spiro atoms. The van der Waals surface area contributed by atoms with Crippen molar-refractivity contribution in [2.75, 3.05) is 0 Å². The average molecular weight is 182 g/mol. The lowest BCUT2D eigenvalue weighted by Crippen LogP contribution is -1.94. The molecule has 2 aromatic rings. The predicted molar refractivity (Wildman–Crippen MR) is 50.0 cm³/mol. The molecule has 0 aliphatic heterocycles. The van der Waals surface area contributed by atoms with E-state index >= 15 is 0 Å². The Morgan fingerprint density at radius 1 is 1.14 bits per heavy atom. The highest BCUT2D eigenvalue weighted by Crippen LogP contribution is 2.17. The van der Waals surface area contributed by atoms with Crippen LogP contribution in [-0.2, 0) is 0 Å². The summed E-state index contributed by atoms with van der Waals surface area (Å²) in [6, 6.07) is 11.5. The zero-order valence-electron chi connectivity index (χ0n) is 7.25. The lowest BCUT2D eigenvalue weighted by Gasteiger charge is -1.99. The summed E-state index contributed by atoms with van der Waals surface area (Å²) < 4.78 is 0. The molecule has 66 valence electrons. The van der Waals surface area contributed by atoms with E-state index in [0.717, 1.165) is 5.56 Å². The fourth-order valence-electron chi connectivity index (χ4n) is 1.16. The summed E-state index contributed by atoms with van der Waals surface area (Å²) >= 11 is 0. The molecule has 0 amide bonds. The van der Waals surface area contributed by atoms with Gasteiger partial charge in [-0.05, 0) is 5.21 Å². The van der Waals surface area contributed by atoms with Gasteiger partial charge >= 0.3 is 0 Å². The summed E-state index contributed by atoms with van der Waals surface area (Å²) in [7, 11) is 0. The summed E-state index contributed by atoms with van der Waals surface area (Å²) in [6.07, 6.45) is 1.41. The first kappa shape index (κ1) is 8.32. The summed E-state index contributed by atoms with van der Waals surface area (Å²) in [5.41, 5.74) is 1.88. The Morgan fingerprint density at radius 3 is 2.64 bits per heavy atom.